The van der Waals surface area contributed by atoms with Crippen molar-refractivity contribution in [2.75, 3.05) is 0 Å². The molecule has 0 bridgehead atoms. The molecular formula is C9H8N2O3S. The van der Waals surface area contributed by atoms with E-state index < -0.39 is 5.97 Å². The van der Waals surface area contributed by atoms with Crippen LogP contribution in [0.3, 0.4) is 0 Å². The van der Waals surface area contributed by atoms with Gasteiger partial charge in [-0.3, -0.25) is 9.20 Å². The fourth-order valence-electron chi connectivity index (χ4n) is 1.23. The van der Waals surface area contributed by atoms with E-state index >= 15 is 0 Å². The average molecular weight is 224 g/mol. The molecule has 0 atom stereocenters. The van der Waals surface area contributed by atoms with Crippen molar-refractivity contribution < 1.29 is 9.90 Å². The Balaban J connectivity index is 2.88. The summed E-state index contributed by atoms with van der Waals surface area (Å²) in [6.07, 6.45) is 1.31. The van der Waals surface area contributed by atoms with Crippen LogP contribution in [-0.4, -0.2) is 20.5 Å². The van der Waals surface area contributed by atoms with E-state index in [9.17, 15) is 9.59 Å². The number of rotatable bonds is 1. The smallest absolute Gasteiger partial charge is 0.347 e. The van der Waals surface area contributed by atoms with Gasteiger partial charge in [0.25, 0.3) is 5.56 Å². The Bertz CT molecular complexity index is 612. The highest BCUT2D eigenvalue weighted by atomic mass is 32.1. The first-order valence-electron chi connectivity index (χ1n) is 4.23. The van der Waals surface area contributed by atoms with Gasteiger partial charge in [0.1, 0.15) is 4.88 Å². The molecule has 0 unspecified atom stereocenters. The second kappa shape index (κ2) is 3.16. The van der Waals surface area contributed by atoms with Crippen LogP contribution >= 0.6 is 11.3 Å². The molecule has 0 aliphatic carbocycles. The third kappa shape index (κ3) is 1.42. The molecule has 0 amide bonds. The largest absolute Gasteiger partial charge is 0.477 e. The quantitative estimate of drug-likeness (QED) is 0.786. The molecule has 0 radical (unpaired) electrons. The number of hydrogen-bond donors (Lipinski definition) is 1. The van der Waals surface area contributed by atoms with E-state index in [0.717, 1.165) is 11.3 Å². The predicted molar refractivity (Wildman–Crippen MR) is 55.8 cm³/mol. The molecule has 78 valence electrons. The summed E-state index contributed by atoms with van der Waals surface area (Å²) >= 11 is 0.995. The SMILES string of the molecule is Cc1nc2sc(C(=O)O)cn2c(=O)c1C. The summed E-state index contributed by atoms with van der Waals surface area (Å²) in [6, 6.07) is 0. The molecule has 0 saturated carbocycles. The van der Waals surface area contributed by atoms with Crippen LogP contribution in [0.15, 0.2) is 11.0 Å². The molecular weight excluding hydrogens is 216 g/mol. The molecule has 5 nitrogen and oxygen atoms in total. The fourth-order valence-corrected chi connectivity index (χ4v) is 2.09. The highest BCUT2D eigenvalue weighted by Crippen LogP contribution is 2.15. The highest BCUT2D eigenvalue weighted by Gasteiger charge is 2.12. The number of aryl methyl sites for hydroxylation is 1. The Morgan fingerprint density at radius 2 is 2.20 bits per heavy atom. The Hall–Kier alpha value is -1.69. The van der Waals surface area contributed by atoms with Crippen molar-refractivity contribution in [1.82, 2.24) is 9.38 Å². The third-order valence-electron chi connectivity index (χ3n) is 2.21. The van der Waals surface area contributed by atoms with E-state index in [0.29, 0.717) is 16.2 Å². The van der Waals surface area contributed by atoms with Crippen LogP contribution < -0.4 is 5.56 Å². The number of aromatic carboxylic acids is 1. The van der Waals surface area contributed by atoms with Gasteiger partial charge in [-0.2, -0.15) is 0 Å². The minimum atomic E-state index is -1.04. The second-order valence-corrected chi connectivity index (χ2v) is 4.19. The average Bonchev–Trinajstić information content (AvgIpc) is 2.58. The van der Waals surface area contributed by atoms with Crippen molar-refractivity contribution in [3.63, 3.8) is 0 Å². The summed E-state index contributed by atoms with van der Waals surface area (Å²) in [5, 5.41) is 8.78. The molecule has 0 aromatic carbocycles. The van der Waals surface area contributed by atoms with Gasteiger partial charge in [0.2, 0.25) is 0 Å². The summed E-state index contributed by atoms with van der Waals surface area (Å²) < 4.78 is 1.27. The number of thiazole rings is 1. The Labute approximate surface area is 88.6 Å². The molecule has 0 aliphatic rings. The lowest BCUT2D eigenvalue weighted by molar-refractivity contribution is 0.0702. The van der Waals surface area contributed by atoms with Gasteiger partial charge in [0.15, 0.2) is 4.96 Å². The standard InChI is InChI=1S/C9H8N2O3S/c1-4-5(2)10-9-11(7(4)12)3-6(15-9)8(13)14/h3H,1-2H3,(H,13,14). The molecule has 15 heavy (non-hydrogen) atoms. The van der Waals surface area contributed by atoms with Crippen LogP contribution in [0.5, 0.6) is 0 Å². The topological polar surface area (TPSA) is 71.7 Å². The van der Waals surface area contributed by atoms with E-state index in [-0.39, 0.29) is 10.4 Å². The van der Waals surface area contributed by atoms with E-state index in [1.54, 1.807) is 13.8 Å². The number of carboxylic acids is 1. The summed E-state index contributed by atoms with van der Waals surface area (Å²) in [6.45, 7) is 3.41. The van der Waals surface area contributed by atoms with E-state index in [1.807, 2.05) is 0 Å². The lowest BCUT2D eigenvalue weighted by atomic mass is 10.3. The van der Waals surface area contributed by atoms with E-state index in [2.05, 4.69) is 4.98 Å². The minimum Gasteiger partial charge on any atom is -0.477 e. The fraction of sp³-hybridized carbons (Fsp3) is 0.222. The third-order valence-corrected chi connectivity index (χ3v) is 3.18. The normalized spacial score (nSPS) is 10.8. The predicted octanol–water partition coefficient (Wildman–Crippen LogP) is 1.07. The number of fused-ring (bicyclic) bond motifs is 1. The summed E-state index contributed by atoms with van der Waals surface area (Å²) in [4.78, 5) is 27.1. The van der Waals surface area contributed by atoms with Gasteiger partial charge >= 0.3 is 5.97 Å². The monoisotopic (exact) mass is 224 g/mol. The van der Waals surface area contributed by atoms with Crippen LogP contribution in [0.4, 0.5) is 0 Å². The maximum absolute atomic E-state index is 11.7. The molecule has 2 heterocycles. The van der Waals surface area contributed by atoms with Crippen LogP contribution in [0, 0.1) is 13.8 Å². The van der Waals surface area contributed by atoms with Gasteiger partial charge in [-0.25, -0.2) is 9.78 Å². The maximum atomic E-state index is 11.7. The molecule has 0 spiro atoms. The first kappa shape index (κ1) is 9.85. The summed E-state index contributed by atoms with van der Waals surface area (Å²) in [7, 11) is 0. The van der Waals surface area contributed by atoms with Crippen LogP contribution in [0.2, 0.25) is 0 Å². The lowest BCUT2D eigenvalue weighted by Gasteiger charge is -1.97. The Kier molecular flexibility index (Phi) is 2.08. The summed E-state index contributed by atoms with van der Waals surface area (Å²) in [5.74, 6) is -1.04. The van der Waals surface area contributed by atoms with Crippen molar-refractivity contribution in [2.45, 2.75) is 13.8 Å². The Morgan fingerprint density at radius 1 is 1.53 bits per heavy atom. The van der Waals surface area contributed by atoms with Gasteiger partial charge in [-0.15, -0.1) is 0 Å². The van der Waals surface area contributed by atoms with Crippen molar-refractivity contribution in [2.24, 2.45) is 0 Å². The second-order valence-electron chi connectivity index (χ2n) is 3.18. The zero-order valence-electron chi connectivity index (χ0n) is 8.14. The van der Waals surface area contributed by atoms with Crippen LogP contribution in [0.25, 0.3) is 4.96 Å². The number of aromatic nitrogens is 2. The number of carbonyl (C=O) groups is 1. The van der Waals surface area contributed by atoms with E-state index in [4.69, 9.17) is 5.11 Å². The van der Waals surface area contributed by atoms with Crippen molar-refractivity contribution >= 4 is 22.3 Å². The number of carboxylic acid groups (broad SMARTS) is 1. The number of hydrogen-bond acceptors (Lipinski definition) is 4. The lowest BCUT2D eigenvalue weighted by Crippen LogP contribution is -2.17. The molecule has 2 aromatic heterocycles. The first-order chi connectivity index (χ1) is 7.00. The molecule has 1 N–H and O–H groups in total. The van der Waals surface area contributed by atoms with Crippen molar-refractivity contribution in [3.05, 3.63) is 32.7 Å². The zero-order valence-corrected chi connectivity index (χ0v) is 8.96. The molecule has 2 aromatic rings. The van der Waals surface area contributed by atoms with Gasteiger partial charge < -0.3 is 5.11 Å². The zero-order chi connectivity index (χ0) is 11.2. The van der Waals surface area contributed by atoms with Gasteiger partial charge in [-0.05, 0) is 13.8 Å². The van der Waals surface area contributed by atoms with Crippen LogP contribution in [0.1, 0.15) is 20.9 Å². The molecule has 0 aliphatic heterocycles. The molecule has 6 heteroatoms. The minimum absolute atomic E-state index is 0.115. The summed E-state index contributed by atoms with van der Waals surface area (Å²) in [5.41, 5.74) is 0.974. The first-order valence-corrected chi connectivity index (χ1v) is 5.05. The van der Waals surface area contributed by atoms with Gasteiger partial charge in [0.05, 0.1) is 0 Å². The van der Waals surface area contributed by atoms with Crippen LogP contribution in [-0.2, 0) is 0 Å². The maximum Gasteiger partial charge on any atom is 0.347 e. The highest BCUT2D eigenvalue weighted by molar-refractivity contribution is 7.18. The van der Waals surface area contributed by atoms with Gasteiger partial charge in [-0.1, -0.05) is 11.3 Å². The van der Waals surface area contributed by atoms with Crippen molar-refractivity contribution in [3.8, 4) is 0 Å². The van der Waals surface area contributed by atoms with E-state index in [1.165, 1.54) is 10.6 Å². The van der Waals surface area contributed by atoms with Gasteiger partial charge in [0, 0.05) is 17.5 Å². The molecule has 0 fully saturated rings. The van der Waals surface area contributed by atoms with Crippen molar-refractivity contribution in [1.29, 1.82) is 0 Å². The molecule has 2 rings (SSSR count). The molecule has 0 saturated heterocycles. The number of nitrogens with zero attached hydrogens (tertiary/aromatic N) is 2. The Morgan fingerprint density at radius 3 is 2.80 bits per heavy atom.